The van der Waals surface area contributed by atoms with E-state index in [2.05, 4.69) is 9.82 Å². The average Bonchev–Trinajstić information content (AvgIpc) is 2.82. The summed E-state index contributed by atoms with van der Waals surface area (Å²) in [6, 6.07) is 5.06. The number of thiocarbonyl (C=S) groups is 1. The first-order valence-corrected chi connectivity index (χ1v) is 8.33. The molecule has 9 heteroatoms. The van der Waals surface area contributed by atoms with Crippen LogP contribution in [-0.2, 0) is 17.1 Å². The molecule has 6 nitrogen and oxygen atoms in total. The minimum Gasteiger partial charge on any atom is -0.279 e. The maximum atomic E-state index is 13.8. The van der Waals surface area contributed by atoms with Gasteiger partial charge in [0, 0.05) is 12.6 Å². The van der Waals surface area contributed by atoms with E-state index in [1.165, 1.54) is 7.05 Å². The van der Waals surface area contributed by atoms with Crippen molar-refractivity contribution in [2.75, 3.05) is 4.72 Å². The molecule has 0 bridgehead atoms. The number of rotatable bonds is 4. The molecule has 0 atom stereocenters. The van der Waals surface area contributed by atoms with Crippen LogP contribution < -0.4 is 4.72 Å². The van der Waals surface area contributed by atoms with Gasteiger partial charge in [-0.25, -0.2) is 13.1 Å². The molecule has 0 amide bonds. The Morgan fingerprint density at radius 3 is 2.61 bits per heavy atom. The second kappa shape index (κ2) is 6.06. The lowest BCUT2D eigenvalue weighted by Gasteiger charge is -2.14. The van der Waals surface area contributed by atoms with Crippen LogP contribution in [0.1, 0.15) is 16.7 Å². The number of hydrogen-bond donors (Lipinski definition) is 1. The van der Waals surface area contributed by atoms with E-state index < -0.39 is 20.9 Å². The Balaban J connectivity index is 2.51. The SMILES string of the molecule is Cc1ccc(NS(=O)(=O)c2cnn(C)c2F)c(C)c1C(=S)C#N. The zero-order valence-corrected chi connectivity index (χ0v) is 14.2. The summed E-state index contributed by atoms with van der Waals surface area (Å²) >= 11 is 5.00. The Labute approximate surface area is 138 Å². The van der Waals surface area contributed by atoms with E-state index >= 15 is 0 Å². The van der Waals surface area contributed by atoms with Crippen molar-refractivity contribution in [3.8, 4) is 6.07 Å². The third-order valence-electron chi connectivity index (χ3n) is 3.37. The van der Waals surface area contributed by atoms with Gasteiger partial charge < -0.3 is 0 Å². The number of sulfonamides is 1. The third kappa shape index (κ3) is 3.09. The second-order valence-electron chi connectivity index (χ2n) is 4.90. The van der Waals surface area contributed by atoms with Gasteiger partial charge in [-0.2, -0.15) is 14.8 Å². The molecule has 0 aliphatic carbocycles. The van der Waals surface area contributed by atoms with Crippen LogP contribution in [0.4, 0.5) is 10.1 Å². The lowest BCUT2D eigenvalue weighted by Crippen LogP contribution is -2.16. The first-order chi connectivity index (χ1) is 10.7. The fourth-order valence-electron chi connectivity index (χ4n) is 2.15. The van der Waals surface area contributed by atoms with Crippen molar-refractivity contribution in [1.29, 1.82) is 5.26 Å². The molecule has 0 spiro atoms. The zero-order chi connectivity index (χ0) is 17.4. The van der Waals surface area contributed by atoms with E-state index in [9.17, 15) is 12.8 Å². The number of aryl methyl sites for hydroxylation is 2. The quantitative estimate of drug-likeness (QED) is 0.673. The van der Waals surface area contributed by atoms with Crippen molar-refractivity contribution in [2.24, 2.45) is 7.05 Å². The minimum atomic E-state index is -4.14. The Kier molecular flexibility index (Phi) is 4.49. The monoisotopic (exact) mass is 352 g/mol. The van der Waals surface area contributed by atoms with Crippen molar-refractivity contribution in [1.82, 2.24) is 9.78 Å². The van der Waals surface area contributed by atoms with Crippen molar-refractivity contribution in [2.45, 2.75) is 18.7 Å². The van der Waals surface area contributed by atoms with Gasteiger partial charge in [0.2, 0.25) is 5.95 Å². The fraction of sp³-hybridized carbons (Fsp3) is 0.214. The highest BCUT2D eigenvalue weighted by atomic mass is 32.2. The van der Waals surface area contributed by atoms with Crippen LogP contribution in [0.25, 0.3) is 0 Å². The Morgan fingerprint density at radius 1 is 1.43 bits per heavy atom. The number of benzene rings is 1. The predicted octanol–water partition coefficient (Wildman–Crippen LogP) is 2.22. The average molecular weight is 352 g/mol. The van der Waals surface area contributed by atoms with Crippen molar-refractivity contribution < 1.29 is 12.8 Å². The van der Waals surface area contributed by atoms with Crippen LogP contribution in [0, 0.1) is 31.1 Å². The van der Waals surface area contributed by atoms with Gasteiger partial charge in [0.15, 0.2) is 4.90 Å². The Hall–Kier alpha value is -2.31. The first kappa shape index (κ1) is 17.1. The van der Waals surface area contributed by atoms with Gasteiger partial charge in [0.1, 0.15) is 10.9 Å². The van der Waals surface area contributed by atoms with Gasteiger partial charge in [-0.1, -0.05) is 18.3 Å². The number of aromatic nitrogens is 2. The van der Waals surface area contributed by atoms with Gasteiger partial charge in [0.05, 0.1) is 11.9 Å². The maximum Gasteiger partial charge on any atom is 0.268 e. The van der Waals surface area contributed by atoms with E-state index in [1.807, 2.05) is 6.07 Å². The van der Waals surface area contributed by atoms with Crippen LogP contribution in [0.2, 0.25) is 0 Å². The molecule has 0 fully saturated rings. The highest BCUT2D eigenvalue weighted by molar-refractivity contribution is 7.92. The standard InChI is InChI=1S/C14H13FN4O2S2/c1-8-4-5-10(9(2)13(8)11(22)6-16)18-23(20,21)12-7-17-19(3)14(12)15/h4-5,7,18H,1-3H3. The normalized spacial score (nSPS) is 11.1. The Bertz CT molecular complexity index is 942. The van der Waals surface area contributed by atoms with E-state index in [4.69, 9.17) is 17.5 Å². The highest BCUT2D eigenvalue weighted by Crippen LogP contribution is 2.26. The molecule has 1 heterocycles. The van der Waals surface area contributed by atoms with E-state index in [0.717, 1.165) is 16.4 Å². The summed E-state index contributed by atoms with van der Waals surface area (Å²) in [5, 5.41) is 12.6. The topological polar surface area (TPSA) is 87.8 Å². The highest BCUT2D eigenvalue weighted by Gasteiger charge is 2.24. The van der Waals surface area contributed by atoms with Crippen LogP contribution in [0.5, 0.6) is 0 Å². The molecule has 0 unspecified atom stereocenters. The van der Waals surface area contributed by atoms with Gasteiger partial charge in [-0.3, -0.25) is 4.72 Å². The molecule has 2 rings (SSSR count). The first-order valence-electron chi connectivity index (χ1n) is 6.44. The van der Waals surface area contributed by atoms with Crippen LogP contribution in [-0.4, -0.2) is 23.1 Å². The van der Waals surface area contributed by atoms with Gasteiger partial charge >= 0.3 is 0 Å². The third-order valence-corrected chi connectivity index (χ3v) is 5.01. The number of nitrogens with zero attached hydrogens (tertiary/aromatic N) is 3. The van der Waals surface area contributed by atoms with Crippen molar-refractivity contribution >= 4 is 32.8 Å². The van der Waals surface area contributed by atoms with Crippen LogP contribution >= 0.6 is 12.2 Å². The number of nitrogens with one attached hydrogen (secondary N) is 1. The summed E-state index contributed by atoms with van der Waals surface area (Å²) in [5.74, 6) is -0.963. The van der Waals surface area contributed by atoms with Crippen LogP contribution in [0.15, 0.2) is 23.2 Å². The predicted molar refractivity (Wildman–Crippen MR) is 87.2 cm³/mol. The smallest absolute Gasteiger partial charge is 0.268 e. The minimum absolute atomic E-state index is 0.0635. The molecule has 1 aromatic heterocycles. The van der Waals surface area contributed by atoms with Crippen molar-refractivity contribution in [3.05, 3.63) is 41.0 Å². The van der Waals surface area contributed by atoms with E-state index in [-0.39, 0.29) is 10.6 Å². The molecule has 0 saturated heterocycles. The van der Waals surface area contributed by atoms with Crippen molar-refractivity contribution in [3.63, 3.8) is 0 Å². The summed E-state index contributed by atoms with van der Waals surface area (Å²) in [5.41, 5.74) is 1.98. The Morgan fingerprint density at radius 2 is 2.09 bits per heavy atom. The molecule has 1 N–H and O–H groups in total. The zero-order valence-electron chi connectivity index (χ0n) is 12.6. The van der Waals surface area contributed by atoms with Crippen LogP contribution in [0.3, 0.4) is 0 Å². The molecule has 0 saturated carbocycles. The van der Waals surface area contributed by atoms with Gasteiger partial charge in [0.25, 0.3) is 10.0 Å². The number of halogens is 1. The summed E-state index contributed by atoms with van der Waals surface area (Å²) in [4.78, 5) is -0.488. The molecule has 0 radical (unpaired) electrons. The largest absolute Gasteiger partial charge is 0.279 e. The lowest BCUT2D eigenvalue weighted by atomic mass is 9.99. The molecule has 120 valence electrons. The molecule has 1 aromatic carbocycles. The van der Waals surface area contributed by atoms with E-state index in [0.29, 0.717) is 11.1 Å². The van der Waals surface area contributed by atoms with Gasteiger partial charge in [-0.05, 0) is 31.0 Å². The number of hydrogen-bond acceptors (Lipinski definition) is 5. The fourth-order valence-corrected chi connectivity index (χ4v) is 3.62. The molecule has 2 aromatic rings. The second-order valence-corrected chi connectivity index (χ2v) is 6.96. The summed E-state index contributed by atoms with van der Waals surface area (Å²) < 4.78 is 41.6. The number of anilines is 1. The molecule has 0 aliphatic rings. The molecule has 23 heavy (non-hydrogen) atoms. The summed E-state index contributed by atoms with van der Waals surface area (Å²) in [7, 11) is -2.84. The molecular weight excluding hydrogens is 339 g/mol. The van der Waals surface area contributed by atoms with Gasteiger partial charge in [-0.15, -0.1) is 0 Å². The number of nitriles is 1. The molecular formula is C14H13FN4O2S2. The maximum absolute atomic E-state index is 13.8. The summed E-state index contributed by atoms with van der Waals surface area (Å²) in [6.45, 7) is 3.41. The summed E-state index contributed by atoms with van der Waals surface area (Å²) in [6.07, 6.45) is 0.933. The lowest BCUT2D eigenvalue weighted by molar-refractivity contribution is 0.483. The van der Waals surface area contributed by atoms with E-state index in [1.54, 1.807) is 26.0 Å². The molecule has 0 aliphatic heterocycles.